The SMILES string of the molecule is O=C1c2cccc3c(Cl)ccc(c23)C(=O)N1CCNCCN1C(=O)c2ccc3c4c(ccc(c24)C1=O)CC3. The number of nitrogens with one attached hydrogen (secondary N) is 1. The summed E-state index contributed by atoms with van der Waals surface area (Å²) in [7, 11) is 0. The lowest BCUT2D eigenvalue weighted by Gasteiger charge is -2.29. The number of hydrogen-bond donors (Lipinski definition) is 1. The summed E-state index contributed by atoms with van der Waals surface area (Å²) in [6, 6.07) is 16.3. The summed E-state index contributed by atoms with van der Waals surface area (Å²) in [6.45, 7) is 1.01. The average molecular weight is 524 g/mol. The number of hydrogen-bond acceptors (Lipinski definition) is 5. The highest BCUT2D eigenvalue weighted by molar-refractivity contribution is 6.38. The van der Waals surface area contributed by atoms with Gasteiger partial charge in [-0.1, -0.05) is 35.9 Å². The predicted molar refractivity (Wildman–Crippen MR) is 144 cm³/mol. The number of nitrogens with zero attached hydrogens (tertiary/aromatic N) is 2. The zero-order valence-electron chi connectivity index (χ0n) is 20.3. The largest absolute Gasteiger partial charge is 0.313 e. The number of carbonyl (C=O) groups excluding carboxylic acids is 4. The predicted octanol–water partition coefficient (Wildman–Crippen LogP) is 4.23. The van der Waals surface area contributed by atoms with E-state index in [1.165, 1.54) is 20.9 Å². The number of aryl methyl sites for hydroxylation is 2. The van der Waals surface area contributed by atoms with Crippen molar-refractivity contribution >= 4 is 56.8 Å². The Bertz CT molecular complexity index is 1680. The summed E-state index contributed by atoms with van der Waals surface area (Å²) < 4.78 is 0. The van der Waals surface area contributed by atoms with Gasteiger partial charge in [-0.3, -0.25) is 29.0 Å². The second-order valence-electron chi connectivity index (χ2n) is 9.89. The van der Waals surface area contributed by atoms with Crippen LogP contribution in [0.25, 0.3) is 21.5 Å². The van der Waals surface area contributed by atoms with E-state index in [-0.39, 0.29) is 36.7 Å². The molecule has 7 nitrogen and oxygen atoms in total. The molecule has 1 aliphatic carbocycles. The van der Waals surface area contributed by atoms with Crippen molar-refractivity contribution in [2.24, 2.45) is 0 Å². The molecule has 2 heterocycles. The van der Waals surface area contributed by atoms with Crippen LogP contribution in [-0.4, -0.2) is 59.6 Å². The molecule has 1 N–H and O–H groups in total. The van der Waals surface area contributed by atoms with Crippen LogP contribution in [0.1, 0.15) is 52.6 Å². The minimum atomic E-state index is -0.362. The Kier molecular flexibility index (Phi) is 5.15. The first-order valence-electron chi connectivity index (χ1n) is 12.7. The maximum Gasteiger partial charge on any atom is 0.261 e. The third-order valence-corrected chi connectivity index (χ3v) is 8.24. The molecule has 0 saturated carbocycles. The molecule has 0 aromatic heterocycles. The Labute approximate surface area is 223 Å². The molecule has 0 unspecified atom stereocenters. The van der Waals surface area contributed by atoms with E-state index in [0.717, 1.165) is 23.6 Å². The summed E-state index contributed by atoms with van der Waals surface area (Å²) >= 11 is 6.29. The molecule has 38 heavy (non-hydrogen) atoms. The monoisotopic (exact) mass is 523 g/mol. The molecule has 0 spiro atoms. The molecule has 0 saturated heterocycles. The summed E-state index contributed by atoms with van der Waals surface area (Å²) in [5, 5.41) is 6.80. The van der Waals surface area contributed by atoms with E-state index in [0.29, 0.717) is 51.1 Å². The number of benzene rings is 4. The number of amides is 4. The smallest absolute Gasteiger partial charge is 0.261 e. The van der Waals surface area contributed by atoms with E-state index >= 15 is 0 Å². The molecule has 4 aromatic carbocycles. The Morgan fingerprint density at radius 2 is 1.11 bits per heavy atom. The summed E-state index contributed by atoms with van der Waals surface area (Å²) in [5.41, 5.74) is 4.43. The highest BCUT2D eigenvalue weighted by Gasteiger charge is 2.35. The Balaban J connectivity index is 1.03. The van der Waals surface area contributed by atoms with Crippen LogP contribution in [0.3, 0.4) is 0 Å². The van der Waals surface area contributed by atoms with Crippen molar-refractivity contribution in [3.8, 4) is 0 Å². The van der Waals surface area contributed by atoms with E-state index in [2.05, 4.69) is 5.32 Å². The second kappa shape index (κ2) is 8.48. The fraction of sp³-hybridized carbons (Fsp3) is 0.200. The fourth-order valence-corrected chi connectivity index (χ4v) is 6.31. The first-order chi connectivity index (χ1) is 18.5. The van der Waals surface area contributed by atoms with Crippen LogP contribution in [0.2, 0.25) is 5.02 Å². The Morgan fingerprint density at radius 1 is 0.605 bits per heavy atom. The molecule has 0 bridgehead atoms. The van der Waals surface area contributed by atoms with E-state index < -0.39 is 0 Å². The quantitative estimate of drug-likeness (QED) is 0.302. The van der Waals surface area contributed by atoms with Crippen molar-refractivity contribution < 1.29 is 19.2 Å². The maximum absolute atomic E-state index is 13.3. The molecule has 188 valence electrons. The molecule has 0 fully saturated rings. The topological polar surface area (TPSA) is 86.8 Å². The summed E-state index contributed by atoms with van der Waals surface area (Å²) in [6.07, 6.45) is 1.87. The van der Waals surface area contributed by atoms with Gasteiger partial charge < -0.3 is 5.32 Å². The minimum absolute atomic E-state index is 0.158. The van der Waals surface area contributed by atoms with Crippen LogP contribution in [-0.2, 0) is 12.8 Å². The highest BCUT2D eigenvalue weighted by atomic mass is 35.5. The van der Waals surface area contributed by atoms with Gasteiger partial charge in [0.05, 0.1) is 0 Å². The van der Waals surface area contributed by atoms with Gasteiger partial charge in [0.2, 0.25) is 0 Å². The number of imide groups is 2. The van der Waals surface area contributed by atoms with Crippen LogP contribution in [0.5, 0.6) is 0 Å². The van der Waals surface area contributed by atoms with Gasteiger partial charge in [0.15, 0.2) is 0 Å². The molecule has 2 aliphatic heterocycles. The van der Waals surface area contributed by atoms with Gasteiger partial charge in [-0.25, -0.2) is 0 Å². The average Bonchev–Trinajstić information content (AvgIpc) is 3.35. The first-order valence-corrected chi connectivity index (χ1v) is 13.1. The van der Waals surface area contributed by atoms with Gasteiger partial charge in [-0.2, -0.15) is 0 Å². The molecule has 7 rings (SSSR count). The fourth-order valence-electron chi connectivity index (χ4n) is 6.09. The second-order valence-corrected chi connectivity index (χ2v) is 10.3. The van der Waals surface area contributed by atoms with Crippen LogP contribution in [0.4, 0.5) is 0 Å². The molecule has 4 aromatic rings. The molecular weight excluding hydrogens is 502 g/mol. The van der Waals surface area contributed by atoms with Gasteiger partial charge in [0, 0.05) is 69.6 Å². The third kappa shape index (κ3) is 3.19. The van der Waals surface area contributed by atoms with Crippen molar-refractivity contribution in [1.29, 1.82) is 0 Å². The zero-order valence-corrected chi connectivity index (χ0v) is 21.1. The summed E-state index contributed by atoms with van der Waals surface area (Å²) in [4.78, 5) is 55.2. The lowest BCUT2D eigenvalue weighted by Crippen LogP contribution is -2.46. The van der Waals surface area contributed by atoms with Gasteiger partial charge >= 0.3 is 0 Å². The molecule has 0 atom stereocenters. The van der Waals surface area contributed by atoms with Crippen molar-refractivity contribution in [3.05, 3.63) is 93.0 Å². The lowest BCUT2D eigenvalue weighted by molar-refractivity contribution is 0.0607. The number of halogens is 1. The van der Waals surface area contributed by atoms with Crippen LogP contribution in [0, 0.1) is 0 Å². The van der Waals surface area contributed by atoms with E-state index in [1.807, 2.05) is 24.3 Å². The molecule has 4 amide bonds. The van der Waals surface area contributed by atoms with Gasteiger partial charge in [0.1, 0.15) is 0 Å². The van der Waals surface area contributed by atoms with Crippen molar-refractivity contribution in [2.75, 3.05) is 26.2 Å². The Morgan fingerprint density at radius 3 is 1.68 bits per heavy atom. The molecule has 3 aliphatic rings. The number of rotatable bonds is 6. The minimum Gasteiger partial charge on any atom is -0.313 e. The van der Waals surface area contributed by atoms with E-state index in [4.69, 9.17) is 11.6 Å². The number of carbonyl (C=O) groups is 4. The van der Waals surface area contributed by atoms with Crippen molar-refractivity contribution in [1.82, 2.24) is 15.1 Å². The van der Waals surface area contributed by atoms with Gasteiger partial charge in [-0.05, 0) is 59.7 Å². The van der Waals surface area contributed by atoms with E-state index in [1.54, 1.807) is 30.3 Å². The highest BCUT2D eigenvalue weighted by Crippen LogP contribution is 2.38. The Hall–Kier alpha value is -4.07. The lowest BCUT2D eigenvalue weighted by atomic mass is 9.91. The van der Waals surface area contributed by atoms with Crippen LogP contribution in [0.15, 0.2) is 54.6 Å². The molecule has 0 radical (unpaired) electrons. The summed E-state index contributed by atoms with van der Waals surface area (Å²) in [5.74, 6) is -1.30. The molecular formula is C30H22ClN3O4. The van der Waals surface area contributed by atoms with Gasteiger partial charge in [0.25, 0.3) is 23.6 Å². The third-order valence-electron chi connectivity index (χ3n) is 7.91. The molecule has 8 heteroatoms. The maximum atomic E-state index is 13.3. The van der Waals surface area contributed by atoms with Gasteiger partial charge in [-0.15, -0.1) is 0 Å². The zero-order chi connectivity index (χ0) is 26.1. The van der Waals surface area contributed by atoms with Crippen molar-refractivity contribution in [2.45, 2.75) is 12.8 Å². The normalized spacial score (nSPS) is 15.9. The first kappa shape index (κ1) is 23.1. The van der Waals surface area contributed by atoms with Crippen molar-refractivity contribution in [3.63, 3.8) is 0 Å². The standard InChI is InChI=1S/C30H22ClN3O4/c31-23-11-10-20-25-18(23)2-1-3-19(25)27(35)33(28(20)36)14-12-32-13-15-34-29(37)21-8-6-16-4-5-17-7-9-22(30(34)38)26(21)24(16)17/h1-3,6-11,32H,4-5,12-15H2. The van der Waals surface area contributed by atoms with Crippen LogP contribution < -0.4 is 5.32 Å². The van der Waals surface area contributed by atoms with Crippen LogP contribution >= 0.6 is 11.6 Å². The van der Waals surface area contributed by atoms with E-state index in [9.17, 15) is 19.2 Å².